The van der Waals surface area contributed by atoms with Crippen molar-refractivity contribution in [2.24, 2.45) is 5.92 Å². The van der Waals surface area contributed by atoms with Gasteiger partial charge in [0.25, 0.3) is 5.56 Å². The lowest BCUT2D eigenvalue weighted by Gasteiger charge is -2.37. The zero-order chi connectivity index (χ0) is 33.6. The third kappa shape index (κ3) is 6.04. The topological polar surface area (TPSA) is 143 Å². The van der Waals surface area contributed by atoms with Crippen LogP contribution in [0.1, 0.15) is 55.1 Å². The van der Waals surface area contributed by atoms with E-state index in [1.807, 2.05) is 43.9 Å². The SMILES string of the molecule is COc1ccc(Cn2c3c(c(O)c(C(=O)O)c2=O)CCNc2cc(N4CC5CCCN(C(=O)OC(C)(C)C)C5C4)ccc2-3)c(OC)c1. The summed E-state index contributed by atoms with van der Waals surface area (Å²) in [5.41, 5.74) is 1.84. The van der Waals surface area contributed by atoms with E-state index in [-0.39, 0.29) is 18.7 Å². The van der Waals surface area contributed by atoms with Crippen molar-refractivity contribution < 1.29 is 34.0 Å². The number of hydrogen-bond acceptors (Lipinski definition) is 9. The number of rotatable bonds is 6. The van der Waals surface area contributed by atoms with E-state index in [1.165, 1.54) is 11.7 Å². The number of aromatic nitrogens is 1. The van der Waals surface area contributed by atoms with Crippen LogP contribution in [0.15, 0.2) is 41.2 Å². The number of benzene rings is 2. The Morgan fingerprint density at radius 1 is 1.06 bits per heavy atom. The van der Waals surface area contributed by atoms with Gasteiger partial charge in [-0.05, 0) is 76.3 Å². The minimum atomic E-state index is -1.49. The predicted molar refractivity (Wildman–Crippen MR) is 177 cm³/mol. The fraction of sp³-hybridized carbons (Fsp3) is 0.457. The predicted octanol–water partition coefficient (Wildman–Crippen LogP) is 4.79. The smallest absolute Gasteiger partial charge is 0.410 e. The van der Waals surface area contributed by atoms with Crippen molar-refractivity contribution in [3.8, 4) is 28.5 Å². The van der Waals surface area contributed by atoms with Crippen LogP contribution in [0.3, 0.4) is 0 Å². The van der Waals surface area contributed by atoms with E-state index in [9.17, 15) is 24.6 Å². The number of anilines is 2. The molecule has 250 valence electrons. The number of methoxy groups -OCH3 is 2. The number of carboxylic acid groups (broad SMARTS) is 1. The number of carboxylic acids is 1. The van der Waals surface area contributed by atoms with Gasteiger partial charge in [-0.2, -0.15) is 0 Å². The molecular formula is C35H42N4O8. The summed E-state index contributed by atoms with van der Waals surface area (Å²) in [6.45, 7) is 8.19. The monoisotopic (exact) mass is 646 g/mol. The van der Waals surface area contributed by atoms with Crippen molar-refractivity contribution in [1.82, 2.24) is 9.47 Å². The lowest BCUT2D eigenvalue weighted by molar-refractivity contribution is 0.00667. The van der Waals surface area contributed by atoms with E-state index in [0.717, 1.165) is 30.8 Å². The Balaban J connectivity index is 1.39. The van der Waals surface area contributed by atoms with Crippen LogP contribution in [0.5, 0.6) is 17.2 Å². The van der Waals surface area contributed by atoms with E-state index in [2.05, 4.69) is 10.2 Å². The molecule has 4 heterocycles. The fourth-order valence-corrected chi connectivity index (χ4v) is 7.15. The number of aromatic carboxylic acids is 1. The van der Waals surface area contributed by atoms with Gasteiger partial charge in [0.1, 0.15) is 22.8 Å². The highest BCUT2D eigenvalue weighted by molar-refractivity contribution is 5.93. The molecule has 0 radical (unpaired) electrons. The Bertz CT molecular complexity index is 1780. The lowest BCUT2D eigenvalue weighted by atomic mass is 9.92. The van der Waals surface area contributed by atoms with Gasteiger partial charge in [-0.3, -0.25) is 4.79 Å². The summed E-state index contributed by atoms with van der Waals surface area (Å²) >= 11 is 0. The minimum Gasteiger partial charge on any atom is -0.506 e. The maximum atomic E-state index is 13.8. The largest absolute Gasteiger partial charge is 0.506 e. The Morgan fingerprint density at radius 3 is 2.55 bits per heavy atom. The Morgan fingerprint density at radius 2 is 1.85 bits per heavy atom. The molecule has 3 N–H and O–H groups in total. The fourth-order valence-electron chi connectivity index (χ4n) is 7.15. The number of nitrogens with zero attached hydrogens (tertiary/aromatic N) is 3. The molecule has 2 aromatic carbocycles. The number of carbonyl (C=O) groups excluding carboxylic acids is 1. The summed E-state index contributed by atoms with van der Waals surface area (Å²) in [6.07, 6.45) is 1.98. The van der Waals surface area contributed by atoms with E-state index in [1.54, 1.807) is 25.3 Å². The second-order valence-electron chi connectivity index (χ2n) is 13.4. The van der Waals surface area contributed by atoms with E-state index < -0.39 is 28.4 Å². The number of pyridine rings is 1. The van der Waals surface area contributed by atoms with E-state index in [4.69, 9.17) is 14.2 Å². The first kappa shape index (κ1) is 32.1. The van der Waals surface area contributed by atoms with Crippen molar-refractivity contribution in [1.29, 1.82) is 0 Å². The number of likely N-dealkylation sites (tertiary alicyclic amines) is 1. The normalized spacial score (nSPS) is 18.7. The second kappa shape index (κ2) is 12.4. The molecule has 47 heavy (non-hydrogen) atoms. The van der Waals surface area contributed by atoms with Gasteiger partial charge < -0.3 is 44.1 Å². The molecule has 2 fully saturated rings. The number of piperidine rings is 1. The molecule has 1 amide bonds. The van der Waals surface area contributed by atoms with Crippen LogP contribution in [0.2, 0.25) is 0 Å². The standard InChI is InChI=1S/C35H42N4O8/c1-35(2,3)47-34(44)38-14-6-7-20-17-37(19-27(20)38)22-9-11-24-26(15-22)36-13-12-25-30(24)39(32(41)29(31(25)40)33(42)43)18-21-8-10-23(45-4)16-28(21)46-5/h8-11,15-16,20,27,36,40H,6-7,12-14,17-19H2,1-5H3,(H,42,43). The first-order chi connectivity index (χ1) is 22.4. The van der Waals surface area contributed by atoms with Gasteiger partial charge in [-0.25, -0.2) is 9.59 Å². The molecule has 1 aromatic heterocycles. The zero-order valence-electron chi connectivity index (χ0n) is 27.5. The van der Waals surface area contributed by atoms with E-state index >= 15 is 0 Å². The maximum absolute atomic E-state index is 13.8. The van der Waals surface area contributed by atoms with Gasteiger partial charge in [0.2, 0.25) is 0 Å². The molecular weight excluding hydrogens is 604 g/mol. The van der Waals surface area contributed by atoms with Crippen LogP contribution in [-0.4, -0.2) is 83.8 Å². The molecule has 0 saturated carbocycles. The highest BCUT2D eigenvalue weighted by atomic mass is 16.6. The second-order valence-corrected chi connectivity index (χ2v) is 13.4. The summed E-state index contributed by atoms with van der Waals surface area (Å²) in [5, 5.41) is 24.6. The van der Waals surface area contributed by atoms with Gasteiger partial charge in [0.15, 0.2) is 5.56 Å². The quantitative estimate of drug-likeness (QED) is 0.342. The average Bonchev–Trinajstić information content (AvgIpc) is 3.37. The van der Waals surface area contributed by atoms with Gasteiger partial charge in [0.05, 0.1) is 32.5 Å². The number of fused-ring (bicyclic) bond motifs is 4. The number of ether oxygens (including phenoxy) is 3. The molecule has 12 nitrogen and oxygen atoms in total. The van der Waals surface area contributed by atoms with Crippen LogP contribution < -0.4 is 25.2 Å². The summed E-state index contributed by atoms with van der Waals surface area (Å²) in [7, 11) is 3.06. The minimum absolute atomic E-state index is 0.00602. The Hall–Kier alpha value is -4.87. The first-order valence-electron chi connectivity index (χ1n) is 16.0. The third-order valence-corrected chi connectivity index (χ3v) is 9.30. The molecule has 0 spiro atoms. The molecule has 0 bridgehead atoms. The molecule has 2 saturated heterocycles. The van der Waals surface area contributed by atoms with Crippen LogP contribution in [0.25, 0.3) is 11.3 Å². The Labute approximate surface area is 273 Å². The molecule has 0 aliphatic carbocycles. The number of amides is 1. The number of carbonyl (C=O) groups is 2. The molecule has 2 atom stereocenters. The summed E-state index contributed by atoms with van der Waals surface area (Å²) in [6, 6.07) is 11.2. The molecule has 6 rings (SSSR count). The van der Waals surface area contributed by atoms with Gasteiger partial charge in [-0.15, -0.1) is 0 Å². The third-order valence-electron chi connectivity index (χ3n) is 9.30. The number of hydrogen-bond donors (Lipinski definition) is 3. The molecule has 3 aromatic rings. The maximum Gasteiger partial charge on any atom is 0.410 e. The summed E-state index contributed by atoms with van der Waals surface area (Å²) < 4.78 is 18.1. The number of aromatic hydroxyl groups is 1. The van der Waals surface area contributed by atoms with Crippen LogP contribution in [-0.2, 0) is 17.7 Å². The zero-order valence-corrected chi connectivity index (χ0v) is 27.5. The van der Waals surface area contributed by atoms with Gasteiger partial charge in [0, 0.05) is 60.3 Å². The lowest BCUT2D eigenvalue weighted by Crippen LogP contribution is -2.50. The van der Waals surface area contributed by atoms with Crippen LogP contribution in [0.4, 0.5) is 16.2 Å². The van der Waals surface area contributed by atoms with Crippen molar-refractivity contribution in [2.75, 3.05) is 50.6 Å². The van der Waals surface area contributed by atoms with Crippen molar-refractivity contribution in [3.63, 3.8) is 0 Å². The summed E-state index contributed by atoms with van der Waals surface area (Å²) in [5.74, 6) is -0.630. The highest BCUT2D eigenvalue weighted by Crippen LogP contribution is 2.42. The number of nitrogens with one attached hydrogen (secondary N) is 1. The van der Waals surface area contributed by atoms with Crippen LogP contribution in [0, 0.1) is 5.92 Å². The first-order valence-corrected chi connectivity index (χ1v) is 16.0. The van der Waals surface area contributed by atoms with Crippen molar-refractivity contribution >= 4 is 23.4 Å². The van der Waals surface area contributed by atoms with Crippen molar-refractivity contribution in [2.45, 2.75) is 58.2 Å². The highest BCUT2D eigenvalue weighted by Gasteiger charge is 2.42. The van der Waals surface area contributed by atoms with Crippen molar-refractivity contribution in [3.05, 3.63) is 63.4 Å². The molecule has 3 aliphatic rings. The van der Waals surface area contributed by atoms with Crippen LogP contribution >= 0.6 is 0 Å². The summed E-state index contributed by atoms with van der Waals surface area (Å²) in [4.78, 5) is 43.3. The molecule has 12 heteroatoms. The van der Waals surface area contributed by atoms with Gasteiger partial charge in [-0.1, -0.05) is 0 Å². The Kier molecular flexibility index (Phi) is 8.46. The molecule has 3 aliphatic heterocycles. The van der Waals surface area contributed by atoms with E-state index in [0.29, 0.717) is 65.9 Å². The average molecular weight is 647 g/mol. The van der Waals surface area contributed by atoms with Gasteiger partial charge >= 0.3 is 12.1 Å². The molecule has 2 unspecified atom stereocenters.